The van der Waals surface area contributed by atoms with E-state index in [1.807, 2.05) is 43.3 Å². The van der Waals surface area contributed by atoms with Crippen molar-refractivity contribution in [3.05, 3.63) is 89.5 Å². The highest BCUT2D eigenvalue weighted by molar-refractivity contribution is 6.00. The first-order valence-electron chi connectivity index (χ1n) is 12.7. The van der Waals surface area contributed by atoms with Gasteiger partial charge in [0.15, 0.2) is 6.61 Å². The van der Waals surface area contributed by atoms with Crippen molar-refractivity contribution in [3.63, 3.8) is 0 Å². The second kappa shape index (κ2) is 12.2. The summed E-state index contributed by atoms with van der Waals surface area (Å²) in [5.74, 6) is -0.318. The molecule has 3 amide bonds. The molecule has 0 spiro atoms. The lowest BCUT2D eigenvalue weighted by Crippen LogP contribution is -2.32. The van der Waals surface area contributed by atoms with Crippen molar-refractivity contribution in [2.24, 2.45) is 5.92 Å². The Bertz CT molecular complexity index is 1240. The Labute approximate surface area is 217 Å². The monoisotopic (exact) mass is 499 g/mol. The van der Waals surface area contributed by atoms with Gasteiger partial charge in [-0.3, -0.25) is 14.4 Å². The average Bonchev–Trinajstić information content (AvgIpc) is 3.33. The van der Waals surface area contributed by atoms with Crippen LogP contribution in [-0.4, -0.2) is 30.9 Å². The molecule has 1 aliphatic heterocycles. The van der Waals surface area contributed by atoms with Crippen molar-refractivity contribution in [2.45, 2.75) is 39.7 Å². The predicted molar refractivity (Wildman–Crippen MR) is 145 cm³/mol. The fourth-order valence-electron chi connectivity index (χ4n) is 4.37. The van der Waals surface area contributed by atoms with Gasteiger partial charge in [-0.05, 0) is 59.9 Å². The molecule has 0 saturated carbocycles. The summed E-state index contributed by atoms with van der Waals surface area (Å²) in [5.41, 5.74) is 4.84. The molecule has 7 nitrogen and oxygen atoms in total. The first-order chi connectivity index (χ1) is 18.0. The molecule has 0 aliphatic carbocycles. The summed E-state index contributed by atoms with van der Waals surface area (Å²) in [5, 5.41) is 5.84. The molecule has 37 heavy (non-hydrogen) atoms. The summed E-state index contributed by atoms with van der Waals surface area (Å²) in [4.78, 5) is 39.3. The zero-order valence-electron chi connectivity index (χ0n) is 21.3. The quantitative estimate of drug-likeness (QED) is 0.430. The standard InChI is InChI=1S/C30H33N3O4/c1-3-21-9-11-22(12-10-21)18-31-30(36)24-17-29(35)33(19-24)25-13-15-26(16-14-25)37-20-28(34)32-27-8-6-5-7-23(27)4-2/h5-16,24H,3-4,17-20H2,1-2H3,(H,31,36)(H,32,34)/t24-/m1/s1. The van der Waals surface area contributed by atoms with Gasteiger partial charge in [0, 0.05) is 30.9 Å². The number of aryl methyl sites for hydroxylation is 2. The molecule has 1 atom stereocenters. The van der Waals surface area contributed by atoms with Crippen molar-refractivity contribution >= 4 is 29.1 Å². The number of amides is 3. The summed E-state index contributed by atoms with van der Waals surface area (Å²) >= 11 is 0. The minimum atomic E-state index is -0.395. The third-order valence-electron chi connectivity index (χ3n) is 6.58. The molecule has 1 fully saturated rings. The van der Waals surface area contributed by atoms with Crippen LogP contribution in [0.2, 0.25) is 0 Å². The molecule has 1 heterocycles. The molecule has 1 saturated heterocycles. The molecule has 1 aliphatic rings. The summed E-state index contributed by atoms with van der Waals surface area (Å²) in [6.07, 6.45) is 1.98. The summed E-state index contributed by atoms with van der Waals surface area (Å²) in [7, 11) is 0. The highest BCUT2D eigenvalue weighted by Gasteiger charge is 2.35. The second-order valence-electron chi connectivity index (χ2n) is 9.13. The third kappa shape index (κ3) is 6.76. The Morgan fingerprint density at radius 1 is 0.919 bits per heavy atom. The predicted octanol–water partition coefficient (Wildman–Crippen LogP) is 4.50. The number of nitrogens with zero attached hydrogens (tertiary/aromatic N) is 1. The van der Waals surface area contributed by atoms with E-state index in [0.29, 0.717) is 24.5 Å². The number of carbonyl (C=O) groups is 3. The normalized spacial score (nSPS) is 14.9. The highest BCUT2D eigenvalue weighted by Crippen LogP contribution is 2.27. The summed E-state index contributed by atoms with van der Waals surface area (Å²) in [6.45, 7) is 4.79. The molecule has 4 rings (SSSR count). The molecule has 0 radical (unpaired) electrons. The van der Waals surface area contributed by atoms with Gasteiger partial charge in [-0.2, -0.15) is 0 Å². The Morgan fingerprint density at radius 2 is 1.62 bits per heavy atom. The lowest BCUT2D eigenvalue weighted by atomic mass is 10.1. The van der Waals surface area contributed by atoms with Gasteiger partial charge in [0.1, 0.15) is 5.75 Å². The Kier molecular flexibility index (Phi) is 8.56. The molecule has 7 heteroatoms. The van der Waals surface area contributed by atoms with Crippen LogP contribution in [0.3, 0.4) is 0 Å². The van der Waals surface area contributed by atoms with Crippen LogP contribution in [0.15, 0.2) is 72.8 Å². The number of nitrogens with one attached hydrogen (secondary N) is 2. The summed E-state index contributed by atoms with van der Waals surface area (Å²) in [6, 6.07) is 22.8. The molecule has 0 bridgehead atoms. The number of para-hydroxylation sites is 1. The van der Waals surface area contributed by atoms with Gasteiger partial charge < -0.3 is 20.3 Å². The number of rotatable bonds is 10. The van der Waals surface area contributed by atoms with Gasteiger partial charge in [0.05, 0.1) is 5.92 Å². The third-order valence-corrected chi connectivity index (χ3v) is 6.58. The first kappa shape index (κ1) is 25.9. The van der Waals surface area contributed by atoms with Crippen LogP contribution in [-0.2, 0) is 33.8 Å². The van der Waals surface area contributed by atoms with Gasteiger partial charge in [0.2, 0.25) is 11.8 Å². The molecular formula is C30H33N3O4. The van der Waals surface area contributed by atoms with E-state index in [-0.39, 0.29) is 30.7 Å². The van der Waals surface area contributed by atoms with E-state index in [2.05, 4.69) is 29.7 Å². The number of ether oxygens (including phenoxy) is 1. The van der Waals surface area contributed by atoms with Crippen molar-refractivity contribution < 1.29 is 19.1 Å². The van der Waals surface area contributed by atoms with E-state index in [0.717, 1.165) is 29.7 Å². The number of anilines is 2. The van der Waals surface area contributed by atoms with Crippen LogP contribution in [0.5, 0.6) is 5.75 Å². The SMILES string of the molecule is CCc1ccc(CNC(=O)[C@@H]2CC(=O)N(c3ccc(OCC(=O)Nc4ccccc4CC)cc3)C2)cc1. The van der Waals surface area contributed by atoms with E-state index in [1.54, 1.807) is 29.2 Å². The molecular weight excluding hydrogens is 466 g/mol. The Hall–Kier alpha value is -4.13. The molecule has 192 valence electrons. The smallest absolute Gasteiger partial charge is 0.262 e. The van der Waals surface area contributed by atoms with E-state index in [4.69, 9.17) is 4.74 Å². The van der Waals surface area contributed by atoms with Gasteiger partial charge in [-0.25, -0.2) is 0 Å². The maximum Gasteiger partial charge on any atom is 0.262 e. The Morgan fingerprint density at radius 3 is 2.32 bits per heavy atom. The zero-order valence-corrected chi connectivity index (χ0v) is 21.3. The van der Waals surface area contributed by atoms with Crippen molar-refractivity contribution in [3.8, 4) is 5.75 Å². The van der Waals surface area contributed by atoms with Gasteiger partial charge in [-0.1, -0.05) is 56.3 Å². The number of carbonyl (C=O) groups excluding carboxylic acids is 3. The molecule has 3 aromatic rings. The topological polar surface area (TPSA) is 87.7 Å². The maximum atomic E-state index is 12.7. The van der Waals surface area contributed by atoms with Crippen LogP contribution in [0.4, 0.5) is 11.4 Å². The summed E-state index contributed by atoms with van der Waals surface area (Å²) < 4.78 is 5.63. The van der Waals surface area contributed by atoms with Gasteiger partial charge >= 0.3 is 0 Å². The fourth-order valence-corrected chi connectivity index (χ4v) is 4.37. The largest absolute Gasteiger partial charge is 0.484 e. The van der Waals surface area contributed by atoms with Crippen LogP contribution >= 0.6 is 0 Å². The maximum absolute atomic E-state index is 12.7. The molecule has 0 unspecified atom stereocenters. The molecule has 3 aromatic carbocycles. The second-order valence-corrected chi connectivity index (χ2v) is 9.13. The van der Waals surface area contributed by atoms with Crippen molar-refractivity contribution in [1.29, 1.82) is 0 Å². The number of benzene rings is 3. The van der Waals surface area contributed by atoms with E-state index in [9.17, 15) is 14.4 Å². The van der Waals surface area contributed by atoms with Crippen LogP contribution in [0, 0.1) is 5.92 Å². The van der Waals surface area contributed by atoms with Crippen LogP contribution < -0.4 is 20.3 Å². The molecule has 0 aromatic heterocycles. The Balaban J connectivity index is 1.26. The first-order valence-corrected chi connectivity index (χ1v) is 12.7. The lowest BCUT2D eigenvalue weighted by Gasteiger charge is -2.17. The van der Waals surface area contributed by atoms with E-state index < -0.39 is 5.92 Å². The number of hydrogen-bond acceptors (Lipinski definition) is 4. The van der Waals surface area contributed by atoms with Crippen molar-refractivity contribution in [2.75, 3.05) is 23.4 Å². The average molecular weight is 500 g/mol. The highest BCUT2D eigenvalue weighted by atomic mass is 16.5. The lowest BCUT2D eigenvalue weighted by molar-refractivity contribution is -0.126. The fraction of sp³-hybridized carbons (Fsp3) is 0.300. The van der Waals surface area contributed by atoms with Gasteiger partial charge in [-0.15, -0.1) is 0 Å². The minimum Gasteiger partial charge on any atom is -0.484 e. The van der Waals surface area contributed by atoms with Gasteiger partial charge in [0.25, 0.3) is 5.91 Å². The minimum absolute atomic E-state index is 0.0879. The zero-order chi connectivity index (χ0) is 26.2. The number of hydrogen-bond donors (Lipinski definition) is 2. The molecule has 2 N–H and O–H groups in total. The van der Waals surface area contributed by atoms with Crippen molar-refractivity contribution in [1.82, 2.24) is 5.32 Å². The van der Waals surface area contributed by atoms with E-state index >= 15 is 0 Å². The van der Waals surface area contributed by atoms with Crippen LogP contribution in [0.25, 0.3) is 0 Å². The van der Waals surface area contributed by atoms with E-state index in [1.165, 1.54) is 5.56 Å². The van der Waals surface area contributed by atoms with Crippen LogP contribution in [0.1, 0.15) is 37.0 Å².